The Balaban J connectivity index is 1.90. The molecule has 1 N–H and O–H groups in total. The van der Waals surface area contributed by atoms with E-state index in [0.717, 1.165) is 12.0 Å². The summed E-state index contributed by atoms with van der Waals surface area (Å²) in [5.41, 5.74) is 2.76. The smallest absolute Gasteiger partial charge is 0.0294 e. The van der Waals surface area contributed by atoms with Gasteiger partial charge in [-0.1, -0.05) is 56.0 Å². The van der Waals surface area contributed by atoms with Crippen molar-refractivity contribution in [1.82, 2.24) is 5.32 Å². The average Bonchev–Trinajstić information content (AvgIpc) is 2.39. The molecule has 1 fully saturated rings. The van der Waals surface area contributed by atoms with Gasteiger partial charge in [0.25, 0.3) is 0 Å². The Kier molecular flexibility index (Phi) is 4.82. The van der Waals surface area contributed by atoms with Gasteiger partial charge in [-0.15, -0.1) is 0 Å². The molecule has 1 nitrogen and oxygen atoms in total. The van der Waals surface area contributed by atoms with Crippen molar-refractivity contribution in [1.29, 1.82) is 0 Å². The summed E-state index contributed by atoms with van der Waals surface area (Å²) in [6.45, 7) is 6.77. The molecule has 0 aliphatic heterocycles. The molecule has 0 bridgehead atoms. The van der Waals surface area contributed by atoms with E-state index < -0.39 is 0 Å². The largest absolute Gasteiger partial charge is 0.307 e. The zero-order chi connectivity index (χ0) is 13.0. The number of rotatable bonds is 4. The lowest BCUT2D eigenvalue weighted by molar-refractivity contribution is 0.266. The summed E-state index contributed by atoms with van der Waals surface area (Å²) < 4.78 is 0. The first kappa shape index (κ1) is 13.6. The Bertz CT molecular complexity index is 354. The van der Waals surface area contributed by atoms with Crippen LogP contribution in [0.25, 0.3) is 0 Å². The van der Waals surface area contributed by atoms with Crippen molar-refractivity contribution < 1.29 is 0 Å². The highest BCUT2D eigenvalue weighted by molar-refractivity contribution is 5.23. The molecule has 0 amide bonds. The van der Waals surface area contributed by atoms with E-state index >= 15 is 0 Å². The van der Waals surface area contributed by atoms with Crippen molar-refractivity contribution in [2.24, 2.45) is 5.92 Å². The van der Waals surface area contributed by atoms with Crippen molar-refractivity contribution in [2.45, 2.75) is 65.0 Å². The van der Waals surface area contributed by atoms with Gasteiger partial charge in [-0.2, -0.15) is 0 Å². The van der Waals surface area contributed by atoms with E-state index in [9.17, 15) is 0 Å². The highest BCUT2D eigenvalue weighted by Crippen LogP contribution is 2.28. The molecule has 1 saturated carbocycles. The summed E-state index contributed by atoms with van der Waals surface area (Å²) in [5, 5.41) is 3.82. The first-order valence-electron chi connectivity index (χ1n) is 7.51. The van der Waals surface area contributed by atoms with Crippen molar-refractivity contribution in [3.05, 3.63) is 35.4 Å². The van der Waals surface area contributed by atoms with E-state index in [1.54, 1.807) is 0 Å². The molecule has 100 valence electrons. The fourth-order valence-corrected chi connectivity index (χ4v) is 3.12. The van der Waals surface area contributed by atoms with Gasteiger partial charge in [0.05, 0.1) is 0 Å². The van der Waals surface area contributed by atoms with Crippen molar-refractivity contribution in [2.75, 3.05) is 0 Å². The van der Waals surface area contributed by atoms with Gasteiger partial charge in [0, 0.05) is 12.1 Å². The molecule has 1 heteroatoms. The Morgan fingerprint density at radius 1 is 1.22 bits per heavy atom. The molecule has 2 unspecified atom stereocenters. The van der Waals surface area contributed by atoms with Gasteiger partial charge in [0.1, 0.15) is 0 Å². The summed E-state index contributed by atoms with van der Waals surface area (Å²) in [4.78, 5) is 0. The average molecular weight is 245 g/mol. The van der Waals surface area contributed by atoms with Crippen LogP contribution in [0.15, 0.2) is 24.3 Å². The molecule has 1 aliphatic rings. The molecule has 1 aliphatic carbocycles. The first-order valence-corrected chi connectivity index (χ1v) is 7.51. The lowest BCUT2D eigenvalue weighted by atomic mass is 9.84. The summed E-state index contributed by atoms with van der Waals surface area (Å²) in [5.74, 6) is 0.946. The van der Waals surface area contributed by atoms with E-state index in [1.165, 1.54) is 43.2 Å². The summed E-state index contributed by atoms with van der Waals surface area (Å²) in [6.07, 6.45) is 6.90. The summed E-state index contributed by atoms with van der Waals surface area (Å²) in [7, 11) is 0. The highest BCUT2D eigenvalue weighted by atomic mass is 14.9. The molecule has 1 aromatic rings. The van der Waals surface area contributed by atoms with Crippen LogP contribution in [0.4, 0.5) is 0 Å². The molecular weight excluding hydrogens is 218 g/mol. The van der Waals surface area contributed by atoms with Gasteiger partial charge in [0.15, 0.2) is 0 Å². The van der Waals surface area contributed by atoms with Gasteiger partial charge < -0.3 is 5.32 Å². The second kappa shape index (κ2) is 6.38. The third-order valence-corrected chi connectivity index (χ3v) is 4.42. The Hall–Kier alpha value is -0.820. The minimum atomic E-state index is 0.478. The molecule has 0 spiro atoms. The maximum Gasteiger partial charge on any atom is 0.0294 e. The molecule has 0 aromatic heterocycles. The zero-order valence-electron chi connectivity index (χ0n) is 12.1. The van der Waals surface area contributed by atoms with Crippen molar-refractivity contribution in [3.8, 4) is 0 Å². The number of hydrogen-bond donors (Lipinski definition) is 1. The lowest BCUT2D eigenvalue weighted by Gasteiger charge is -2.31. The summed E-state index contributed by atoms with van der Waals surface area (Å²) in [6, 6.07) is 10.1. The van der Waals surface area contributed by atoms with Crippen LogP contribution in [0.3, 0.4) is 0 Å². The highest BCUT2D eigenvalue weighted by Gasteiger charge is 2.21. The fourth-order valence-electron chi connectivity index (χ4n) is 3.12. The maximum absolute atomic E-state index is 3.82. The predicted octanol–water partition coefficient (Wildman–Crippen LogP) is 4.61. The molecule has 18 heavy (non-hydrogen) atoms. The Morgan fingerprint density at radius 2 is 1.94 bits per heavy atom. The second-order valence-corrected chi connectivity index (χ2v) is 5.94. The molecule has 0 saturated heterocycles. The first-order chi connectivity index (χ1) is 8.69. The quantitative estimate of drug-likeness (QED) is 0.816. The van der Waals surface area contributed by atoms with Crippen molar-refractivity contribution in [3.63, 3.8) is 0 Å². The van der Waals surface area contributed by atoms with E-state index in [0.29, 0.717) is 6.04 Å². The van der Waals surface area contributed by atoms with E-state index in [2.05, 4.69) is 50.4 Å². The van der Waals surface area contributed by atoms with Crippen LogP contribution in [-0.4, -0.2) is 6.04 Å². The second-order valence-electron chi connectivity index (χ2n) is 5.94. The maximum atomic E-state index is 3.82. The topological polar surface area (TPSA) is 12.0 Å². The number of aryl methyl sites for hydroxylation is 1. The molecule has 1 aromatic carbocycles. The van der Waals surface area contributed by atoms with Crippen molar-refractivity contribution >= 4 is 0 Å². The van der Waals surface area contributed by atoms with E-state index in [-0.39, 0.29) is 0 Å². The van der Waals surface area contributed by atoms with Crippen LogP contribution >= 0.6 is 0 Å². The van der Waals surface area contributed by atoms with Crippen LogP contribution in [0.1, 0.15) is 63.1 Å². The number of benzene rings is 1. The third kappa shape index (κ3) is 3.58. The van der Waals surface area contributed by atoms with Crippen LogP contribution in [0.5, 0.6) is 0 Å². The Labute approximate surface area is 112 Å². The molecule has 0 radical (unpaired) electrons. The molecule has 3 atom stereocenters. The zero-order valence-corrected chi connectivity index (χ0v) is 12.1. The minimum Gasteiger partial charge on any atom is -0.307 e. The third-order valence-electron chi connectivity index (χ3n) is 4.42. The monoisotopic (exact) mass is 245 g/mol. The van der Waals surface area contributed by atoms with Gasteiger partial charge in [-0.05, 0) is 38.2 Å². The van der Waals surface area contributed by atoms with Crippen LogP contribution in [0.2, 0.25) is 0 Å². The van der Waals surface area contributed by atoms with Crippen LogP contribution in [0, 0.1) is 12.8 Å². The Morgan fingerprint density at radius 3 is 2.61 bits per heavy atom. The standard InChI is InChI=1S/C17H27N/c1-4-15-6-5-7-17(12-15)18-14(3)16-10-8-13(2)9-11-16/h8-11,14-15,17-18H,4-7,12H2,1-3H3/t14-,15?,17?/m0/s1. The normalized spacial score (nSPS) is 25.9. The summed E-state index contributed by atoms with van der Waals surface area (Å²) >= 11 is 0. The lowest BCUT2D eigenvalue weighted by Crippen LogP contribution is -2.35. The van der Waals surface area contributed by atoms with Gasteiger partial charge >= 0.3 is 0 Å². The SMILES string of the molecule is CCC1CCCC(N[C@@H](C)c2ccc(C)cc2)C1. The van der Waals surface area contributed by atoms with E-state index in [4.69, 9.17) is 0 Å². The minimum absolute atomic E-state index is 0.478. The van der Waals surface area contributed by atoms with Gasteiger partial charge in [-0.25, -0.2) is 0 Å². The van der Waals surface area contributed by atoms with Crippen LogP contribution in [-0.2, 0) is 0 Å². The van der Waals surface area contributed by atoms with E-state index in [1.807, 2.05) is 0 Å². The van der Waals surface area contributed by atoms with Gasteiger partial charge in [0.2, 0.25) is 0 Å². The number of hydrogen-bond acceptors (Lipinski definition) is 1. The van der Waals surface area contributed by atoms with Gasteiger partial charge in [-0.3, -0.25) is 0 Å². The number of nitrogens with one attached hydrogen (secondary N) is 1. The predicted molar refractivity (Wildman–Crippen MR) is 78.8 cm³/mol. The fraction of sp³-hybridized carbons (Fsp3) is 0.647. The molecule has 2 rings (SSSR count). The molecular formula is C17H27N. The molecule has 0 heterocycles. The van der Waals surface area contributed by atoms with Crippen LogP contribution < -0.4 is 5.32 Å².